The number of hydrogen-bond donors (Lipinski definition) is 4. The van der Waals surface area contributed by atoms with Gasteiger partial charge in [-0.1, -0.05) is 0 Å². The molecule has 13 heavy (non-hydrogen) atoms. The largest absolute Gasteiger partial charge is 0.382 e. The van der Waals surface area contributed by atoms with E-state index in [0.29, 0.717) is 21.8 Å². The first-order valence-corrected chi connectivity index (χ1v) is 3.94. The zero-order valence-electron chi connectivity index (χ0n) is 7.03. The molecule has 0 aliphatic carbocycles. The average molecular weight is 198 g/mol. The summed E-state index contributed by atoms with van der Waals surface area (Å²) in [7, 11) is 1.50. The highest BCUT2D eigenvalue weighted by Crippen LogP contribution is 2.10. The SMILES string of the molecule is CN.Nc1ncnc2[nH]c(=S)[nH]c12. The second kappa shape index (κ2) is 3.97. The van der Waals surface area contributed by atoms with Crippen molar-refractivity contribution in [1.29, 1.82) is 0 Å². The van der Waals surface area contributed by atoms with Crippen LogP contribution in [-0.2, 0) is 0 Å². The van der Waals surface area contributed by atoms with Gasteiger partial charge in [0.2, 0.25) is 0 Å². The van der Waals surface area contributed by atoms with Gasteiger partial charge in [-0.3, -0.25) is 0 Å². The van der Waals surface area contributed by atoms with Crippen molar-refractivity contribution in [3.63, 3.8) is 0 Å². The molecule has 0 fully saturated rings. The lowest BCUT2D eigenvalue weighted by Gasteiger charge is -1.89. The highest BCUT2D eigenvalue weighted by Gasteiger charge is 2.00. The van der Waals surface area contributed by atoms with E-state index in [-0.39, 0.29) is 0 Å². The molecule has 0 aliphatic rings. The van der Waals surface area contributed by atoms with Gasteiger partial charge in [0.05, 0.1) is 0 Å². The number of nitrogens with zero attached hydrogens (tertiary/aromatic N) is 2. The molecule has 2 rings (SSSR count). The molecule has 0 radical (unpaired) electrons. The number of fused-ring (bicyclic) bond motifs is 1. The Morgan fingerprint density at radius 1 is 1.31 bits per heavy atom. The molecule has 2 heterocycles. The number of aromatic amines is 2. The third-order valence-corrected chi connectivity index (χ3v) is 1.55. The molecule has 0 unspecified atom stereocenters. The van der Waals surface area contributed by atoms with Gasteiger partial charge in [0.25, 0.3) is 0 Å². The predicted octanol–water partition coefficient (Wildman–Crippen LogP) is 0.173. The zero-order chi connectivity index (χ0) is 9.84. The van der Waals surface area contributed by atoms with Gasteiger partial charge in [-0.05, 0) is 19.3 Å². The van der Waals surface area contributed by atoms with E-state index in [0.717, 1.165) is 0 Å². The molecule has 0 amide bonds. The molecule has 70 valence electrons. The van der Waals surface area contributed by atoms with Crippen molar-refractivity contribution in [3.8, 4) is 0 Å². The first-order valence-electron chi connectivity index (χ1n) is 3.53. The molecular weight excluding hydrogens is 188 g/mol. The molecule has 2 aromatic rings. The molecule has 0 aromatic carbocycles. The van der Waals surface area contributed by atoms with Crippen LogP contribution < -0.4 is 11.5 Å². The Morgan fingerprint density at radius 2 is 2.00 bits per heavy atom. The van der Waals surface area contributed by atoms with Gasteiger partial charge in [0, 0.05) is 0 Å². The number of hydrogen-bond acceptors (Lipinski definition) is 5. The van der Waals surface area contributed by atoms with Crippen LogP contribution in [0.25, 0.3) is 11.2 Å². The molecule has 0 saturated carbocycles. The van der Waals surface area contributed by atoms with Crippen LogP contribution in [0.4, 0.5) is 5.82 Å². The summed E-state index contributed by atoms with van der Waals surface area (Å²) < 4.78 is 0.507. The van der Waals surface area contributed by atoms with Gasteiger partial charge in [0.15, 0.2) is 16.2 Å². The second-order valence-corrected chi connectivity index (χ2v) is 2.47. The lowest BCUT2D eigenvalue weighted by molar-refractivity contribution is 1.20. The zero-order valence-corrected chi connectivity index (χ0v) is 7.85. The van der Waals surface area contributed by atoms with Crippen LogP contribution in [0.1, 0.15) is 0 Å². The highest BCUT2D eigenvalue weighted by atomic mass is 32.1. The minimum atomic E-state index is 0.405. The van der Waals surface area contributed by atoms with E-state index in [1.165, 1.54) is 13.4 Å². The van der Waals surface area contributed by atoms with E-state index < -0.39 is 0 Å². The van der Waals surface area contributed by atoms with E-state index >= 15 is 0 Å². The lowest BCUT2D eigenvalue weighted by Crippen LogP contribution is -1.91. The molecule has 2 aromatic heterocycles. The number of nitrogen functional groups attached to an aromatic ring is 1. The van der Waals surface area contributed by atoms with Crippen LogP contribution in [0.5, 0.6) is 0 Å². The summed E-state index contributed by atoms with van der Waals surface area (Å²) in [5.41, 5.74) is 11.3. The number of rotatable bonds is 0. The molecule has 0 aliphatic heterocycles. The summed E-state index contributed by atoms with van der Waals surface area (Å²) in [5, 5.41) is 0. The fourth-order valence-electron chi connectivity index (χ4n) is 0.870. The fraction of sp³-hybridized carbons (Fsp3) is 0.167. The minimum Gasteiger partial charge on any atom is -0.382 e. The van der Waals surface area contributed by atoms with Crippen molar-refractivity contribution in [3.05, 3.63) is 11.1 Å². The van der Waals surface area contributed by atoms with Crippen LogP contribution >= 0.6 is 12.2 Å². The molecule has 6 N–H and O–H groups in total. The normalized spacial score (nSPS) is 9.38. The molecule has 6 nitrogen and oxygen atoms in total. The third kappa shape index (κ3) is 1.82. The molecule has 0 saturated heterocycles. The summed E-state index contributed by atoms with van der Waals surface area (Å²) in [6.07, 6.45) is 1.39. The monoisotopic (exact) mass is 198 g/mol. The van der Waals surface area contributed by atoms with Crippen LogP contribution in [0.15, 0.2) is 6.33 Å². The Kier molecular flexibility index (Phi) is 2.93. The van der Waals surface area contributed by atoms with Crippen molar-refractivity contribution in [2.75, 3.05) is 12.8 Å². The Morgan fingerprint density at radius 3 is 2.62 bits per heavy atom. The second-order valence-electron chi connectivity index (χ2n) is 2.06. The predicted molar refractivity (Wildman–Crippen MR) is 53.6 cm³/mol. The quantitative estimate of drug-likeness (QED) is 0.451. The molecular formula is C6H10N6S. The molecule has 0 spiro atoms. The summed E-state index contributed by atoms with van der Waals surface area (Å²) >= 11 is 4.84. The maximum Gasteiger partial charge on any atom is 0.176 e. The van der Waals surface area contributed by atoms with Gasteiger partial charge in [-0.25, -0.2) is 9.97 Å². The van der Waals surface area contributed by atoms with Crippen molar-refractivity contribution in [2.24, 2.45) is 5.73 Å². The van der Waals surface area contributed by atoms with Gasteiger partial charge in [-0.15, -0.1) is 0 Å². The van der Waals surface area contributed by atoms with Crippen LogP contribution in [0.2, 0.25) is 0 Å². The summed E-state index contributed by atoms with van der Waals surface area (Å²) in [4.78, 5) is 13.4. The lowest BCUT2D eigenvalue weighted by atomic mass is 10.5. The van der Waals surface area contributed by atoms with Crippen LogP contribution in [0.3, 0.4) is 0 Å². The molecule has 0 bridgehead atoms. The van der Waals surface area contributed by atoms with Gasteiger partial charge < -0.3 is 21.4 Å². The maximum absolute atomic E-state index is 5.52. The Bertz CT molecular complexity index is 444. The van der Waals surface area contributed by atoms with Gasteiger partial charge in [-0.2, -0.15) is 0 Å². The van der Waals surface area contributed by atoms with Crippen molar-refractivity contribution < 1.29 is 0 Å². The summed E-state index contributed by atoms with van der Waals surface area (Å²) in [5.74, 6) is 0.405. The third-order valence-electron chi connectivity index (χ3n) is 1.35. The average Bonchev–Trinajstić information content (AvgIpc) is 2.51. The van der Waals surface area contributed by atoms with E-state index in [1.807, 2.05) is 0 Å². The number of H-pyrrole nitrogens is 2. The Labute approximate surface area is 79.4 Å². The minimum absolute atomic E-state index is 0.405. The molecule has 7 heteroatoms. The van der Waals surface area contributed by atoms with E-state index in [1.54, 1.807) is 0 Å². The van der Waals surface area contributed by atoms with Crippen LogP contribution in [0, 0.1) is 4.77 Å². The fourth-order valence-corrected chi connectivity index (χ4v) is 1.07. The van der Waals surface area contributed by atoms with Crippen molar-refractivity contribution in [2.45, 2.75) is 0 Å². The topological polar surface area (TPSA) is 109 Å². The van der Waals surface area contributed by atoms with Crippen molar-refractivity contribution in [1.82, 2.24) is 19.9 Å². The number of aromatic nitrogens is 4. The Hall–Kier alpha value is -1.47. The first-order chi connectivity index (χ1) is 6.27. The van der Waals surface area contributed by atoms with Crippen LogP contribution in [-0.4, -0.2) is 27.0 Å². The smallest absolute Gasteiger partial charge is 0.176 e. The highest BCUT2D eigenvalue weighted by molar-refractivity contribution is 7.71. The standard InChI is InChI=1S/C5H5N5S.CH5N/c6-3-2-4(8-1-7-3)10-5(11)9-2;1-2/h1H,(H4,6,7,8,9,10,11);2H2,1H3. The first kappa shape index (κ1) is 9.62. The van der Waals surface area contributed by atoms with Gasteiger partial charge >= 0.3 is 0 Å². The van der Waals surface area contributed by atoms with Crippen molar-refractivity contribution >= 4 is 29.2 Å². The van der Waals surface area contributed by atoms with E-state index in [4.69, 9.17) is 18.0 Å². The molecule has 0 atom stereocenters. The van der Waals surface area contributed by atoms with Gasteiger partial charge in [0.1, 0.15) is 11.8 Å². The maximum atomic E-state index is 5.52. The number of imidazole rings is 1. The summed E-state index contributed by atoms with van der Waals surface area (Å²) in [6.45, 7) is 0. The number of nitrogens with one attached hydrogen (secondary N) is 2. The summed E-state index contributed by atoms with van der Waals surface area (Å²) in [6, 6.07) is 0. The van der Waals surface area contributed by atoms with E-state index in [2.05, 4.69) is 25.7 Å². The number of anilines is 1. The Balaban J connectivity index is 0.000000396. The number of nitrogens with two attached hydrogens (primary N) is 2. The van der Waals surface area contributed by atoms with E-state index in [9.17, 15) is 0 Å².